The van der Waals surface area contributed by atoms with Crippen molar-refractivity contribution in [1.29, 1.82) is 0 Å². The first-order valence-corrected chi connectivity index (χ1v) is 28.7. The van der Waals surface area contributed by atoms with E-state index in [0.29, 0.717) is 42.4 Å². The summed E-state index contributed by atoms with van der Waals surface area (Å²) in [6, 6.07) is 14.1. The van der Waals surface area contributed by atoms with Gasteiger partial charge in [-0.05, 0) is 130 Å². The number of hydrogen-bond acceptors (Lipinski definition) is 15. The number of phenolic OH excluding ortho intramolecular Hbond substituents is 1. The van der Waals surface area contributed by atoms with Gasteiger partial charge in [0.05, 0.1) is 13.7 Å². The third kappa shape index (κ3) is 26.0. The van der Waals surface area contributed by atoms with Crippen LogP contribution in [0.4, 0.5) is 13.2 Å². The lowest BCUT2D eigenvalue weighted by molar-refractivity contribution is -0.519. The molecule has 2 aliphatic rings. The van der Waals surface area contributed by atoms with E-state index in [0.717, 1.165) is 70.1 Å². The van der Waals surface area contributed by atoms with Crippen molar-refractivity contribution in [3.05, 3.63) is 113 Å². The van der Waals surface area contributed by atoms with Crippen molar-refractivity contribution in [2.75, 3.05) is 66.8 Å². The average Bonchev–Trinajstić information content (AvgIpc) is 4.11. The molecular weight excluding hydrogens is 1110 g/mol. The maximum Gasteiger partial charge on any atom is 0.494 e. The quantitative estimate of drug-likeness (QED) is 0.0153. The largest absolute Gasteiger partial charge is 0.508 e. The Bertz CT molecular complexity index is 2850. The van der Waals surface area contributed by atoms with Gasteiger partial charge in [-0.25, -0.2) is 9.37 Å². The number of methoxy groups -OCH3 is 1. The predicted octanol–water partition coefficient (Wildman–Crippen LogP) is 7.23. The Morgan fingerprint density at radius 2 is 1.41 bits per heavy atom. The lowest BCUT2D eigenvalue weighted by Gasteiger charge is -2.23. The minimum absolute atomic E-state index is 0.0819. The van der Waals surface area contributed by atoms with Gasteiger partial charge in [-0.1, -0.05) is 57.9 Å². The van der Waals surface area contributed by atoms with Crippen molar-refractivity contribution in [2.24, 2.45) is 11.5 Å². The Morgan fingerprint density at radius 3 is 1.86 bits per heavy atom. The number of benzene rings is 3. The highest BCUT2D eigenvalue weighted by Crippen LogP contribution is 2.39. The molecule has 1 fully saturated rings. The molecule has 81 heavy (non-hydrogen) atoms. The number of nitrogens with two attached hydrogens (primary N) is 2. The smallest absolute Gasteiger partial charge is 0.494 e. The number of rotatable bonds is 21. The van der Waals surface area contributed by atoms with Crippen LogP contribution in [-0.2, 0) is 53.9 Å². The molecule has 0 bridgehead atoms. The Hall–Kier alpha value is -6.94. The van der Waals surface area contributed by atoms with E-state index >= 15 is 0 Å². The number of aromatic hydroxyl groups is 1. The van der Waals surface area contributed by atoms with Crippen LogP contribution in [0.15, 0.2) is 106 Å². The second kappa shape index (κ2) is 37.1. The summed E-state index contributed by atoms with van der Waals surface area (Å²) >= 11 is 0. The van der Waals surface area contributed by atoms with E-state index in [1.807, 2.05) is 39.8 Å². The molecule has 0 radical (unpaired) electrons. The first kappa shape index (κ1) is 72.1. The fourth-order valence-electron chi connectivity index (χ4n) is 7.25. The molecule has 3 aromatic rings. The molecule has 26 heteroatoms. The lowest BCUT2D eigenvalue weighted by Crippen LogP contribution is -2.45. The third-order valence-corrected chi connectivity index (χ3v) is 12.9. The Labute approximate surface area is 472 Å². The summed E-state index contributed by atoms with van der Waals surface area (Å²) in [5.41, 5.74) is 13.1. The van der Waals surface area contributed by atoms with Crippen molar-refractivity contribution in [3.63, 3.8) is 0 Å². The molecule has 1 heterocycles. The van der Waals surface area contributed by atoms with Crippen LogP contribution in [0.3, 0.4) is 0 Å². The van der Waals surface area contributed by atoms with Crippen molar-refractivity contribution >= 4 is 61.3 Å². The Morgan fingerprint density at radius 1 is 0.827 bits per heavy atom. The molecule has 1 atom stereocenters. The van der Waals surface area contributed by atoms with Crippen molar-refractivity contribution in [1.82, 2.24) is 10.2 Å². The summed E-state index contributed by atoms with van der Waals surface area (Å²) in [6.07, 6.45) is 10.8. The zero-order chi connectivity index (χ0) is 61.3. The molecule has 3 amide bonds. The van der Waals surface area contributed by atoms with E-state index in [9.17, 15) is 58.3 Å². The molecule has 21 nitrogen and oxygen atoms in total. The molecule has 1 saturated heterocycles. The van der Waals surface area contributed by atoms with Crippen molar-refractivity contribution < 1.29 is 92.0 Å². The molecule has 1 aliphatic carbocycles. The molecule has 1 unspecified atom stereocenters. The van der Waals surface area contributed by atoms with Crippen LogP contribution < -0.4 is 26.3 Å². The zero-order valence-corrected chi connectivity index (χ0v) is 48.5. The molecule has 3 aromatic carbocycles. The summed E-state index contributed by atoms with van der Waals surface area (Å²) in [7, 11) is -7.71. The average molecular weight is 1190 g/mol. The van der Waals surface area contributed by atoms with Crippen LogP contribution in [0.2, 0.25) is 0 Å². The summed E-state index contributed by atoms with van der Waals surface area (Å²) in [4.78, 5) is 51.8. The van der Waals surface area contributed by atoms with Crippen molar-refractivity contribution in [2.45, 2.75) is 102 Å². The second-order valence-electron chi connectivity index (χ2n) is 17.1. The normalized spacial score (nSPS) is 13.7. The number of unbranched alkanes of at least 4 members (excludes halogenated alkanes) is 2. The number of likely N-dealkylation sites (tertiary alicyclic amines) is 1. The van der Waals surface area contributed by atoms with Gasteiger partial charge in [0.1, 0.15) is 46.2 Å². The van der Waals surface area contributed by atoms with E-state index in [1.54, 1.807) is 73.9 Å². The van der Waals surface area contributed by atoms with E-state index in [4.69, 9.17) is 30.8 Å². The van der Waals surface area contributed by atoms with Crippen LogP contribution in [0.1, 0.15) is 96.8 Å². The van der Waals surface area contributed by atoms with Crippen LogP contribution in [0.25, 0.3) is 11.6 Å². The van der Waals surface area contributed by atoms with Gasteiger partial charge < -0.3 is 41.0 Å². The maximum absolute atomic E-state index is 13.0. The molecule has 0 spiro atoms. The number of amides is 3. The van der Waals surface area contributed by atoms with Crippen LogP contribution in [0, 0.1) is 0 Å². The standard InChI is InChI=1S/C32H37N3O10S2.C13H17NO2.C5H12O.C3H3F3O3.C2H7N/c1-4-34(5-2)23-13-9-21(10-14-23)31(22-11-15-24(16-12-22)44-6-3)25-18-27(29(47(41,42)43)19-28(25)46(38,39)40)45-20-30(36)35-17-7-8-26(35)32(33)37;1-2-3-10-14-13(16)9-6-11-4-7-12(15)8-5-11;1-3-4-5-6-2;1-8-9-2(7)3(4,5)6;1-2-3/h9-16,18-19,26H,4-8,17,20H2,1-3H3,(H3-,33,37,38,39,40,41,42,43);4-9,15H,2-3,10H2,1H3,(H,14,16);3-5H2,1-2H3;1H3;2-3H2,1H3/p+1/b;9-6+;;;. The van der Waals surface area contributed by atoms with E-state index in [1.165, 1.54) is 23.8 Å². The molecule has 0 aromatic heterocycles. The van der Waals surface area contributed by atoms with Gasteiger partial charge in [-0.15, -0.1) is 0 Å². The fraction of sp³-hybridized carbons (Fsp3) is 0.436. The van der Waals surface area contributed by atoms with Gasteiger partial charge in [0, 0.05) is 50.6 Å². The van der Waals surface area contributed by atoms with Crippen LogP contribution in [0.5, 0.6) is 17.2 Å². The van der Waals surface area contributed by atoms with Gasteiger partial charge in [-0.2, -0.15) is 34.9 Å². The number of allylic oxidation sites excluding steroid dienone is 5. The van der Waals surface area contributed by atoms with E-state index < -0.39 is 72.4 Å². The Kier molecular flexibility index (Phi) is 33.1. The number of phenols is 1. The second-order valence-corrected chi connectivity index (χ2v) is 19.9. The summed E-state index contributed by atoms with van der Waals surface area (Å²) in [5.74, 6) is -3.59. The third-order valence-electron chi connectivity index (χ3n) is 11.1. The first-order chi connectivity index (χ1) is 38.2. The molecule has 5 rings (SSSR count). The van der Waals surface area contributed by atoms with Gasteiger partial charge in [0.25, 0.3) is 26.1 Å². The number of alkyl halides is 3. The monoisotopic (exact) mass is 1180 g/mol. The molecule has 8 N–H and O–H groups in total. The number of halogens is 3. The zero-order valence-electron chi connectivity index (χ0n) is 46.9. The number of nitrogens with one attached hydrogen (secondary N) is 1. The number of primary amides is 1. The number of carbonyl (C=O) groups excluding carboxylic acids is 4. The molecule has 0 saturated carbocycles. The number of hydrogen-bond donors (Lipinski definition) is 6. The van der Waals surface area contributed by atoms with Crippen molar-refractivity contribution in [3.8, 4) is 17.2 Å². The van der Waals surface area contributed by atoms with Crippen LogP contribution in [-0.4, -0.2) is 149 Å². The number of ether oxygens (including phenoxy) is 3. The topological polar surface area (TPSA) is 314 Å². The molecule has 1 aliphatic heterocycles. The summed E-state index contributed by atoms with van der Waals surface area (Å²) in [5, 5.41) is 11.9. The fourth-order valence-corrected chi connectivity index (χ4v) is 8.67. The highest BCUT2D eigenvalue weighted by Gasteiger charge is 2.42. The predicted molar refractivity (Wildman–Crippen MR) is 299 cm³/mol. The maximum atomic E-state index is 13.0. The van der Waals surface area contributed by atoms with Gasteiger partial charge in [-0.3, -0.25) is 28.4 Å². The van der Waals surface area contributed by atoms with Gasteiger partial charge >= 0.3 is 12.1 Å². The summed E-state index contributed by atoms with van der Waals surface area (Å²) in [6.45, 7) is 15.7. The highest BCUT2D eigenvalue weighted by atomic mass is 32.2. The Balaban J connectivity index is 0.000000778. The first-order valence-electron chi connectivity index (χ1n) is 25.8. The number of nitrogens with zero attached hydrogens (tertiary/aromatic N) is 2. The molecular formula is C55H77F3N5O16S2+. The minimum Gasteiger partial charge on any atom is -0.508 e. The highest BCUT2D eigenvalue weighted by molar-refractivity contribution is 7.86. The SMILES string of the molecule is CCCCNC(=O)/C=C/c1ccc(O)cc1.CCCCOC.CCN.CCOc1ccc(C(=C2C=CC(=[N+](CC)CC)C=C2)c2cc(OCC(=O)N3CCCC3C(N)=O)c(S(=O)(=O)O)cc2S(=O)(=O)O)cc1.COOC(=O)C(F)(F)F. The van der Waals surface area contributed by atoms with E-state index in [-0.39, 0.29) is 29.3 Å². The van der Waals surface area contributed by atoms with Crippen LogP contribution >= 0.6 is 0 Å². The number of carbonyl (C=O) groups is 4. The van der Waals surface area contributed by atoms with Gasteiger partial charge in [0.2, 0.25) is 11.8 Å². The summed E-state index contributed by atoms with van der Waals surface area (Å²) < 4.78 is 122. The van der Waals surface area contributed by atoms with E-state index in [2.05, 4.69) is 33.5 Å². The molecule has 450 valence electrons. The minimum atomic E-state index is -5.14. The lowest BCUT2D eigenvalue weighted by atomic mass is 9.90. The van der Waals surface area contributed by atoms with Gasteiger partial charge in [0.15, 0.2) is 12.3 Å².